The number of ether oxygens (including phenoxy) is 1. The van der Waals surface area contributed by atoms with Gasteiger partial charge in [-0.1, -0.05) is 74.5 Å². The van der Waals surface area contributed by atoms with Crippen molar-refractivity contribution >= 4 is 11.9 Å². The van der Waals surface area contributed by atoms with Crippen LogP contribution in [0.1, 0.15) is 54.2 Å². The standard InChI is InChI=1S/C28H32N2O5/c1-20(2)19-35-28(34)24(16-10-18-31)29-26(32)23-15-9-17-30(27(23)33)25(21-11-5-3-6-12-21)22-13-7-4-8-14-22/h3-9,11-15,17,20,24-25,31H,10,16,18-19H2,1-2H3,(H,29,32)/t24-/m0/s1. The molecular formula is C28H32N2O5. The van der Waals surface area contributed by atoms with E-state index in [-0.39, 0.29) is 31.1 Å². The first-order valence-corrected chi connectivity index (χ1v) is 11.8. The van der Waals surface area contributed by atoms with E-state index in [0.29, 0.717) is 6.42 Å². The van der Waals surface area contributed by atoms with Crippen LogP contribution < -0.4 is 10.9 Å². The minimum absolute atomic E-state index is 0.0741. The summed E-state index contributed by atoms with van der Waals surface area (Å²) in [4.78, 5) is 39.2. The van der Waals surface area contributed by atoms with Gasteiger partial charge in [-0.3, -0.25) is 9.59 Å². The number of esters is 1. The Balaban J connectivity index is 1.93. The summed E-state index contributed by atoms with van der Waals surface area (Å²) in [5.41, 5.74) is 1.25. The van der Waals surface area contributed by atoms with Crippen LogP contribution in [0.3, 0.4) is 0 Å². The number of carbonyl (C=O) groups excluding carboxylic acids is 2. The highest BCUT2D eigenvalue weighted by Gasteiger charge is 2.26. The van der Waals surface area contributed by atoms with Gasteiger partial charge in [0.05, 0.1) is 12.6 Å². The van der Waals surface area contributed by atoms with E-state index in [9.17, 15) is 19.5 Å². The van der Waals surface area contributed by atoms with Gasteiger partial charge in [-0.05, 0) is 42.0 Å². The maximum Gasteiger partial charge on any atom is 0.328 e. The molecule has 0 unspecified atom stereocenters. The summed E-state index contributed by atoms with van der Waals surface area (Å²) in [5, 5.41) is 11.8. The van der Waals surface area contributed by atoms with E-state index in [4.69, 9.17) is 4.74 Å². The molecule has 3 aromatic rings. The van der Waals surface area contributed by atoms with Crippen molar-refractivity contribution in [2.24, 2.45) is 5.92 Å². The van der Waals surface area contributed by atoms with Gasteiger partial charge in [0.1, 0.15) is 11.6 Å². The first-order chi connectivity index (χ1) is 16.9. The number of nitrogens with zero attached hydrogens (tertiary/aromatic N) is 1. The van der Waals surface area contributed by atoms with Crippen LogP contribution in [0.25, 0.3) is 0 Å². The molecule has 1 amide bonds. The SMILES string of the molecule is CC(C)COC(=O)[C@H](CCCO)NC(=O)c1cccn(C(c2ccccc2)c2ccccc2)c1=O. The lowest BCUT2D eigenvalue weighted by Crippen LogP contribution is -2.44. The van der Waals surface area contributed by atoms with Crippen molar-refractivity contribution in [2.75, 3.05) is 13.2 Å². The molecule has 0 aliphatic heterocycles. The number of rotatable bonds is 11. The predicted molar refractivity (Wildman–Crippen MR) is 134 cm³/mol. The molecule has 7 heteroatoms. The van der Waals surface area contributed by atoms with Crippen molar-refractivity contribution in [1.82, 2.24) is 9.88 Å². The fourth-order valence-electron chi connectivity index (χ4n) is 3.80. The number of amides is 1. The minimum atomic E-state index is -0.958. The monoisotopic (exact) mass is 476 g/mol. The number of aliphatic hydroxyl groups excluding tert-OH is 1. The molecule has 1 atom stereocenters. The predicted octanol–water partition coefficient (Wildman–Crippen LogP) is 3.56. The topological polar surface area (TPSA) is 97.6 Å². The van der Waals surface area contributed by atoms with Crippen molar-refractivity contribution in [3.8, 4) is 0 Å². The molecule has 0 saturated carbocycles. The van der Waals surface area contributed by atoms with Crippen molar-refractivity contribution in [2.45, 2.75) is 38.8 Å². The van der Waals surface area contributed by atoms with E-state index >= 15 is 0 Å². The average molecular weight is 477 g/mol. The number of hydrogen-bond donors (Lipinski definition) is 2. The van der Waals surface area contributed by atoms with E-state index in [1.807, 2.05) is 74.5 Å². The number of pyridine rings is 1. The van der Waals surface area contributed by atoms with E-state index in [1.165, 1.54) is 10.6 Å². The Morgan fingerprint density at radius 1 is 0.943 bits per heavy atom. The van der Waals surface area contributed by atoms with E-state index in [0.717, 1.165) is 11.1 Å². The number of hydrogen-bond acceptors (Lipinski definition) is 5. The Morgan fingerprint density at radius 3 is 2.09 bits per heavy atom. The van der Waals surface area contributed by atoms with Gasteiger partial charge in [0.15, 0.2) is 0 Å². The summed E-state index contributed by atoms with van der Waals surface area (Å²) >= 11 is 0. The fourth-order valence-corrected chi connectivity index (χ4v) is 3.80. The first-order valence-electron chi connectivity index (χ1n) is 11.8. The third kappa shape index (κ3) is 6.90. The molecule has 0 saturated heterocycles. The Bertz CT molecular complexity index is 1120. The molecule has 1 aromatic heterocycles. The van der Waals surface area contributed by atoms with Gasteiger partial charge in [0, 0.05) is 12.8 Å². The van der Waals surface area contributed by atoms with Gasteiger partial charge >= 0.3 is 5.97 Å². The molecule has 0 spiro atoms. The summed E-state index contributed by atoms with van der Waals surface area (Å²) in [6.45, 7) is 3.92. The highest BCUT2D eigenvalue weighted by Crippen LogP contribution is 2.25. The quantitative estimate of drug-likeness (QED) is 0.413. The van der Waals surface area contributed by atoms with Crippen LogP contribution in [0.5, 0.6) is 0 Å². The molecule has 0 radical (unpaired) electrons. The minimum Gasteiger partial charge on any atom is -0.464 e. The average Bonchev–Trinajstić information content (AvgIpc) is 2.87. The molecule has 0 aliphatic rings. The van der Waals surface area contributed by atoms with Gasteiger partial charge in [0.25, 0.3) is 11.5 Å². The zero-order chi connectivity index (χ0) is 25.2. The normalized spacial score (nSPS) is 11.9. The zero-order valence-corrected chi connectivity index (χ0v) is 20.1. The molecule has 2 aromatic carbocycles. The summed E-state index contributed by atoms with van der Waals surface area (Å²) in [7, 11) is 0. The van der Waals surface area contributed by atoms with Crippen molar-refractivity contribution in [3.63, 3.8) is 0 Å². The van der Waals surface area contributed by atoms with Crippen LogP contribution in [-0.4, -0.2) is 40.8 Å². The van der Waals surface area contributed by atoms with Crippen LogP contribution in [0.15, 0.2) is 83.8 Å². The Morgan fingerprint density at radius 2 is 1.54 bits per heavy atom. The highest BCUT2D eigenvalue weighted by atomic mass is 16.5. The van der Waals surface area contributed by atoms with Crippen molar-refractivity contribution in [1.29, 1.82) is 0 Å². The van der Waals surface area contributed by atoms with E-state index < -0.39 is 29.5 Å². The second kappa shape index (κ2) is 12.7. The Hall–Kier alpha value is -3.71. The molecule has 3 rings (SSSR count). The molecule has 35 heavy (non-hydrogen) atoms. The van der Waals surface area contributed by atoms with Crippen molar-refractivity contribution in [3.05, 3.63) is 106 Å². The van der Waals surface area contributed by atoms with Gasteiger partial charge in [-0.2, -0.15) is 0 Å². The van der Waals surface area contributed by atoms with Crippen molar-refractivity contribution < 1.29 is 19.4 Å². The number of benzene rings is 2. The molecule has 2 N–H and O–H groups in total. The number of aliphatic hydroxyl groups is 1. The van der Waals surface area contributed by atoms with Crippen LogP contribution in [0, 0.1) is 5.92 Å². The van der Waals surface area contributed by atoms with Crippen LogP contribution in [0.2, 0.25) is 0 Å². The lowest BCUT2D eigenvalue weighted by molar-refractivity contribution is -0.147. The number of nitrogens with one attached hydrogen (secondary N) is 1. The second-order valence-electron chi connectivity index (χ2n) is 8.77. The van der Waals surface area contributed by atoms with E-state index in [1.54, 1.807) is 12.3 Å². The van der Waals surface area contributed by atoms with Crippen LogP contribution >= 0.6 is 0 Å². The maximum absolute atomic E-state index is 13.5. The Labute approximate surface area is 205 Å². The molecule has 1 heterocycles. The summed E-state index contributed by atoms with van der Waals surface area (Å²) in [6.07, 6.45) is 2.17. The van der Waals surface area contributed by atoms with E-state index in [2.05, 4.69) is 5.32 Å². The smallest absolute Gasteiger partial charge is 0.328 e. The van der Waals surface area contributed by atoms with Crippen LogP contribution in [-0.2, 0) is 9.53 Å². The number of carbonyl (C=O) groups is 2. The summed E-state index contributed by atoms with van der Waals surface area (Å²) in [6, 6.07) is 20.9. The third-order valence-electron chi connectivity index (χ3n) is 5.53. The largest absolute Gasteiger partial charge is 0.464 e. The van der Waals surface area contributed by atoms with Crippen LogP contribution in [0.4, 0.5) is 0 Å². The molecule has 0 fully saturated rings. The van der Waals surface area contributed by atoms with Gasteiger partial charge in [0.2, 0.25) is 0 Å². The fraction of sp³-hybridized carbons (Fsp3) is 0.321. The number of aromatic nitrogens is 1. The molecular weight excluding hydrogens is 444 g/mol. The van der Waals surface area contributed by atoms with Gasteiger partial charge < -0.3 is 19.7 Å². The molecule has 0 aliphatic carbocycles. The molecule has 7 nitrogen and oxygen atoms in total. The lowest BCUT2D eigenvalue weighted by Gasteiger charge is -2.22. The van der Waals surface area contributed by atoms with Gasteiger partial charge in [-0.15, -0.1) is 0 Å². The third-order valence-corrected chi connectivity index (χ3v) is 5.53. The molecule has 0 bridgehead atoms. The second-order valence-corrected chi connectivity index (χ2v) is 8.77. The summed E-state index contributed by atoms with van der Waals surface area (Å²) < 4.78 is 6.82. The molecule has 184 valence electrons. The lowest BCUT2D eigenvalue weighted by atomic mass is 9.98. The highest BCUT2D eigenvalue weighted by molar-refractivity contribution is 5.96. The maximum atomic E-state index is 13.5. The Kier molecular flexibility index (Phi) is 9.38. The zero-order valence-electron chi connectivity index (χ0n) is 20.1. The van der Waals surface area contributed by atoms with Gasteiger partial charge in [-0.25, -0.2) is 4.79 Å². The summed E-state index contributed by atoms with van der Waals surface area (Å²) in [5.74, 6) is -1.10. The first kappa shape index (κ1) is 25.9.